The normalized spacial score (nSPS) is 16.8. The van der Waals surface area contributed by atoms with Crippen LogP contribution in [-0.2, 0) is 4.74 Å². The lowest BCUT2D eigenvalue weighted by molar-refractivity contribution is 0.0545. The van der Waals surface area contributed by atoms with E-state index < -0.39 is 11.7 Å². The van der Waals surface area contributed by atoms with Gasteiger partial charge in [0, 0.05) is 11.6 Å². The molecular formula is C11H19N3O2. The summed E-state index contributed by atoms with van der Waals surface area (Å²) in [6.07, 6.45) is 2.95. The number of carbonyl (C=O) groups is 1. The minimum absolute atomic E-state index is 0.158. The van der Waals surface area contributed by atoms with E-state index in [4.69, 9.17) is 15.9 Å². The van der Waals surface area contributed by atoms with Crippen molar-refractivity contribution in [1.29, 1.82) is 5.41 Å². The molecule has 0 spiro atoms. The molecule has 90 valence electrons. The first-order valence-corrected chi connectivity index (χ1v) is 5.33. The van der Waals surface area contributed by atoms with Crippen LogP contribution in [-0.4, -0.2) is 17.4 Å². The lowest BCUT2D eigenvalue weighted by Crippen LogP contribution is -2.34. The first kappa shape index (κ1) is 12.5. The molecule has 0 atom stereocenters. The first-order chi connectivity index (χ1) is 7.28. The Balaban J connectivity index is 2.40. The fraction of sp³-hybridized carbons (Fsp3) is 0.636. The van der Waals surface area contributed by atoms with Crippen molar-refractivity contribution in [2.75, 3.05) is 0 Å². The number of nitrogens with two attached hydrogens (primary N) is 1. The van der Waals surface area contributed by atoms with Gasteiger partial charge in [-0.05, 0) is 39.7 Å². The molecule has 1 rings (SSSR count). The van der Waals surface area contributed by atoms with E-state index in [2.05, 4.69) is 5.32 Å². The molecule has 0 aromatic carbocycles. The molecule has 0 bridgehead atoms. The van der Waals surface area contributed by atoms with E-state index in [9.17, 15) is 4.79 Å². The Hall–Kier alpha value is -1.52. The Bertz CT molecular complexity index is 325. The summed E-state index contributed by atoms with van der Waals surface area (Å²) in [5.41, 5.74) is 5.49. The summed E-state index contributed by atoms with van der Waals surface area (Å²) in [7, 11) is 0. The zero-order valence-electron chi connectivity index (χ0n) is 9.96. The maximum Gasteiger partial charge on any atom is 0.413 e. The van der Waals surface area contributed by atoms with Gasteiger partial charge in [0.15, 0.2) is 0 Å². The molecule has 1 fully saturated rings. The van der Waals surface area contributed by atoms with Crippen LogP contribution in [0.1, 0.15) is 33.6 Å². The van der Waals surface area contributed by atoms with Crippen molar-refractivity contribution in [2.24, 2.45) is 11.7 Å². The summed E-state index contributed by atoms with van der Waals surface area (Å²) in [5.74, 6) is 0.477. The van der Waals surface area contributed by atoms with Crippen LogP contribution in [0, 0.1) is 11.3 Å². The van der Waals surface area contributed by atoms with E-state index in [1.807, 2.05) is 0 Å². The molecule has 0 radical (unpaired) electrons. The van der Waals surface area contributed by atoms with Crippen molar-refractivity contribution in [3.63, 3.8) is 0 Å². The van der Waals surface area contributed by atoms with Crippen molar-refractivity contribution in [3.05, 3.63) is 11.9 Å². The molecule has 1 saturated carbocycles. The quantitative estimate of drug-likeness (QED) is 0.639. The predicted octanol–water partition coefficient (Wildman–Crippen LogP) is 1.74. The molecule has 4 N–H and O–H groups in total. The predicted molar refractivity (Wildman–Crippen MR) is 62.1 cm³/mol. The number of hydrogen-bond donors (Lipinski definition) is 3. The van der Waals surface area contributed by atoms with Gasteiger partial charge in [-0.1, -0.05) is 0 Å². The van der Waals surface area contributed by atoms with Crippen LogP contribution in [0.4, 0.5) is 4.79 Å². The maximum absolute atomic E-state index is 11.3. The van der Waals surface area contributed by atoms with E-state index in [1.54, 1.807) is 20.8 Å². The summed E-state index contributed by atoms with van der Waals surface area (Å²) < 4.78 is 5.02. The average molecular weight is 225 g/mol. The third-order valence-corrected chi connectivity index (χ3v) is 1.97. The number of alkyl carbamates (subject to hydrolysis) is 1. The summed E-state index contributed by atoms with van der Waals surface area (Å²) in [5, 5.41) is 10.00. The van der Waals surface area contributed by atoms with Gasteiger partial charge >= 0.3 is 6.09 Å². The van der Waals surface area contributed by atoms with E-state index in [0.29, 0.717) is 11.6 Å². The number of allylic oxidation sites excluding steroid dienone is 1. The van der Waals surface area contributed by atoms with Gasteiger partial charge in [-0.3, -0.25) is 5.32 Å². The Morgan fingerprint density at radius 2 is 2.06 bits per heavy atom. The van der Waals surface area contributed by atoms with Gasteiger partial charge in [0.1, 0.15) is 11.4 Å². The number of hydrogen-bond acceptors (Lipinski definition) is 4. The van der Waals surface area contributed by atoms with E-state index in [0.717, 1.165) is 12.8 Å². The number of ether oxygens (including phenoxy) is 1. The highest BCUT2D eigenvalue weighted by Crippen LogP contribution is 2.30. The molecule has 16 heavy (non-hydrogen) atoms. The number of amides is 1. The van der Waals surface area contributed by atoms with Crippen molar-refractivity contribution in [2.45, 2.75) is 39.2 Å². The smallest absolute Gasteiger partial charge is 0.413 e. The van der Waals surface area contributed by atoms with Gasteiger partial charge in [-0.15, -0.1) is 0 Å². The van der Waals surface area contributed by atoms with Crippen LogP contribution in [0.25, 0.3) is 0 Å². The molecule has 0 heterocycles. The van der Waals surface area contributed by atoms with Gasteiger partial charge in [0.05, 0.1) is 0 Å². The molecule has 0 aromatic rings. The third kappa shape index (κ3) is 4.82. The summed E-state index contributed by atoms with van der Waals surface area (Å²) in [6, 6.07) is 0. The van der Waals surface area contributed by atoms with Gasteiger partial charge in [-0.25, -0.2) is 4.79 Å². The van der Waals surface area contributed by atoms with E-state index >= 15 is 0 Å². The first-order valence-electron chi connectivity index (χ1n) is 5.33. The van der Waals surface area contributed by atoms with Crippen molar-refractivity contribution >= 4 is 11.8 Å². The standard InChI is InChI=1S/C11H19N3O2/c1-11(2,3)16-10(15)14-9(13)6-8(12)7-4-5-7/h6-7,12H,4-5,13H2,1-3H3,(H,14,15)/b9-6-,12-8?. The fourth-order valence-corrected chi connectivity index (χ4v) is 1.14. The highest BCUT2D eigenvalue weighted by Gasteiger charge is 2.25. The lowest BCUT2D eigenvalue weighted by atomic mass is 10.2. The maximum atomic E-state index is 11.3. The minimum Gasteiger partial charge on any atom is -0.444 e. The topological polar surface area (TPSA) is 88.2 Å². The fourth-order valence-electron chi connectivity index (χ4n) is 1.14. The zero-order chi connectivity index (χ0) is 12.3. The summed E-state index contributed by atoms with van der Waals surface area (Å²) >= 11 is 0. The Kier molecular flexibility index (Phi) is 3.57. The van der Waals surface area contributed by atoms with Crippen LogP contribution in [0.15, 0.2) is 11.9 Å². The lowest BCUT2D eigenvalue weighted by Gasteiger charge is -2.19. The minimum atomic E-state index is -0.593. The van der Waals surface area contributed by atoms with Crippen LogP contribution >= 0.6 is 0 Å². The molecule has 1 aliphatic rings. The highest BCUT2D eigenvalue weighted by atomic mass is 16.6. The average Bonchev–Trinajstić information content (AvgIpc) is 2.79. The molecule has 1 aliphatic carbocycles. The van der Waals surface area contributed by atoms with Crippen LogP contribution in [0.5, 0.6) is 0 Å². The van der Waals surface area contributed by atoms with Gasteiger partial charge in [0.25, 0.3) is 0 Å². The Morgan fingerprint density at radius 1 is 1.50 bits per heavy atom. The third-order valence-electron chi connectivity index (χ3n) is 1.97. The summed E-state index contributed by atoms with van der Waals surface area (Å²) in [6.45, 7) is 5.33. The second kappa shape index (κ2) is 4.55. The van der Waals surface area contributed by atoms with Crippen LogP contribution in [0.2, 0.25) is 0 Å². The van der Waals surface area contributed by atoms with Crippen LogP contribution in [0.3, 0.4) is 0 Å². The Labute approximate surface area is 95.5 Å². The molecule has 0 aliphatic heterocycles. The van der Waals surface area contributed by atoms with Crippen molar-refractivity contribution in [1.82, 2.24) is 5.32 Å². The molecule has 0 saturated heterocycles. The molecule has 0 aromatic heterocycles. The zero-order valence-corrected chi connectivity index (χ0v) is 9.96. The van der Waals surface area contributed by atoms with Gasteiger partial charge in [0.2, 0.25) is 0 Å². The SMILES string of the molecule is CC(C)(C)OC(=O)N/C(N)=C\C(=N)C1CC1. The highest BCUT2D eigenvalue weighted by molar-refractivity contribution is 5.96. The second-order valence-electron chi connectivity index (χ2n) is 4.96. The molecule has 1 amide bonds. The number of carbonyl (C=O) groups excluding carboxylic acids is 1. The molecular weight excluding hydrogens is 206 g/mol. The summed E-state index contributed by atoms with van der Waals surface area (Å²) in [4.78, 5) is 11.3. The molecule has 5 heteroatoms. The monoisotopic (exact) mass is 225 g/mol. The van der Waals surface area contributed by atoms with Gasteiger partial charge < -0.3 is 15.9 Å². The van der Waals surface area contributed by atoms with E-state index in [-0.39, 0.29) is 5.82 Å². The number of rotatable bonds is 3. The van der Waals surface area contributed by atoms with Crippen molar-refractivity contribution < 1.29 is 9.53 Å². The van der Waals surface area contributed by atoms with Gasteiger partial charge in [-0.2, -0.15) is 0 Å². The largest absolute Gasteiger partial charge is 0.444 e. The second-order valence-corrected chi connectivity index (χ2v) is 4.96. The Morgan fingerprint density at radius 3 is 2.50 bits per heavy atom. The van der Waals surface area contributed by atoms with Crippen LogP contribution < -0.4 is 11.1 Å². The van der Waals surface area contributed by atoms with Crippen molar-refractivity contribution in [3.8, 4) is 0 Å². The molecule has 5 nitrogen and oxygen atoms in total. The number of nitrogens with one attached hydrogen (secondary N) is 2. The van der Waals surface area contributed by atoms with E-state index in [1.165, 1.54) is 6.08 Å². The molecule has 0 unspecified atom stereocenters.